The lowest BCUT2D eigenvalue weighted by atomic mass is 10.4. The van der Waals surface area contributed by atoms with Gasteiger partial charge in [-0.05, 0) is 6.54 Å². The van der Waals surface area contributed by atoms with Crippen molar-refractivity contribution in [3.05, 3.63) is 5.01 Å². The predicted octanol–water partition coefficient (Wildman–Crippen LogP) is 1.32. The van der Waals surface area contributed by atoms with Crippen LogP contribution >= 0.6 is 11.3 Å². The van der Waals surface area contributed by atoms with Crippen molar-refractivity contribution in [1.29, 1.82) is 5.26 Å². The monoisotopic (exact) mass is 225 g/mol. The van der Waals surface area contributed by atoms with Crippen LogP contribution in [0.4, 0.5) is 5.13 Å². The van der Waals surface area contributed by atoms with Gasteiger partial charge < -0.3 is 5.32 Å². The highest BCUT2D eigenvalue weighted by molar-refractivity contribution is 7.15. The molecular weight excluding hydrogens is 210 g/mol. The van der Waals surface area contributed by atoms with Gasteiger partial charge >= 0.3 is 0 Å². The third-order valence-electron chi connectivity index (χ3n) is 2.03. The van der Waals surface area contributed by atoms with Gasteiger partial charge in [-0.2, -0.15) is 5.26 Å². The van der Waals surface area contributed by atoms with E-state index in [1.807, 2.05) is 7.05 Å². The van der Waals surface area contributed by atoms with E-state index in [9.17, 15) is 0 Å². The number of rotatable bonds is 6. The van der Waals surface area contributed by atoms with Gasteiger partial charge in [0.1, 0.15) is 5.01 Å². The summed E-state index contributed by atoms with van der Waals surface area (Å²) in [7, 11) is 1.83. The molecule has 0 bridgehead atoms. The Morgan fingerprint density at radius 3 is 2.87 bits per heavy atom. The number of nitrogens with zero attached hydrogens (tertiary/aromatic N) is 4. The Kier molecular flexibility index (Phi) is 5.01. The molecule has 0 aliphatic heterocycles. The molecule has 0 aromatic carbocycles. The Bertz CT molecular complexity index is 329. The van der Waals surface area contributed by atoms with Crippen molar-refractivity contribution in [3.63, 3.8) is 0 Å². The highest BCUT2D eigenvalue weighted by Crippen LogP contribution is 2.15. The summed E-state index contributed by atoms with van der Waals surface area (Å²) in [6.07, 6.45) is 0.561. The first-order valence-corrected chi connectivity index (χ1v) is 5.71. The molecule has 0 radical (unpaired) electrons. The fourth-order valence-electron chi connectivity index (χ4n) is 1.17. The van der Waals surface area contributed by atoms with Crippen molar-refractivity contribution in [2.24, 2.45) is 0 Å². The van der Waals surface area contributed by atoms with E-state index in [0.29, 0.717) is 6.42 Å². The van der Waals surface area contributed by atoms with Crippen LogP contribution in [0.15, 0.2) is 0 Å². The Labute approximate surface area is 93.7 Å². The smallest absolute Gasteiger partial charge is 0.205 e. The lowest BCUT2D eigenvalue weighted by molar-refractivity contribution is 0.285. The highest BCUT2D eigenvalue weighted by atomic mass is 32.1. The summed E-state index contributed by atoms with van der Waals surface area (Å²) in [6.45, 7) is 4.58. The van der Waals surface area contributed by atoms with E-state index in [2.05, 4.69) is 33.4 Å². The molecule has 1 aromatic rings. The molecule has 0 saturated heterocycles. The molecular formula is C9H15N5S. The third kappa shape index (κ3) is 3.81. The Morgan fingerprint density at radius 1 is 1.53 bits per heavy atom. The number of hydrogen-bond acceptors (Lipinski definition) is 6. The standard InChI is InChI=1S/C9H15N5S/c1-3-14(6-4-5-10)7-8-12-13-9(11-2)15-8/h3-4,6-7H2,1-2H3,(H,11,13). The first kappa shape index (κ1) is 11.9. The summed E-state index contributed by atoms with van der Waals surface area (Å²) in [5.41, 5.74) is 0. The molecule has 6 heteroatoms. The fraction of sp³-hybridized carbons (Fsp3) is 0.667. The zero-order valence-electron chi connectivity index (χ0n) is 9.03. The molecule has 0 spiro atoms. The van der Waals surface area contributed by atoms with Crippen LogP contribution in [0.2, 0.25) is 0 Å². The van der Waals surface area contributed by atoms with Crippen LogP contribution in [0.5, 0.6) is 0 Å². The first-order chi connectivity index (χ1) is 7.30. The zero-order valence-corrected chi connectivity index (χ0v) is 9.84. The van der Waals surface area contributed by atoms with Gasteiger partial charge in [-0.1, -0.05) is 18.3 Å². The van der Waals surface area contributed by atoms with Crippen LogP contribution in [0.3, 0.4) is 0 Å². The molecule has 0 amide bonds. The number of aromatic nitrogens is 2. The van der Waals surface area contributed by atoms with Crippen molar-refractivity contribution < 1.29 is 0 Å². The summed E-state index contributed by atoms with van der Waals surface area (Å²) in [5.74, 6) is 0. The van der Waals surface area contributed by atoms with E-state index in [1.165, 1.54) is 0 Å². The van der Waals surface area contributed by atoms with E-state index in [1.54, 1.807) is 11.3 Å². The van der Waals surface area contributed by atoms with Crippen LogP contribution in [0.1, 0.15) is 18.4 Å². The lowest BCUT2D eigenvalue weighted by Gasteiger charge is -2.16. The molecule has 0 aliphatic carbocycles. The maximum Gasteiger partial charge on any atom is 0.205 e. The molecule has 1 aromatic heterocycles. The van der Waals surface area contributed by atoms with Gasteiger partial charge in [0.25, 0.3) is 0 Å². The quantitative estimate of drug-likeness (QED) is 0.791. The van der Waals surface area contributed by atoms with E-state index in [4.69, 9.17) is 5.26 Å². The van der Waals surface area contributed by atoms with Crippen LogP contribution < -0.4 is 5.32 Å². The average molecular weight is 225 g/mol. The topological polar surface area (TPSA) is 64.8 Å². The highest BCUT2D eigenvalue weighted by Gasteiger charge is 2.07. The maximum absolute atomic E-state index is 8.51. The van der Waals surface area contributed by atoms with Crippen molar-refractivity contribution in [2.75, 3.05) is 25.5 Å². The lowest BCUT2D eigenvalue weighted by Crippen LogP contribution is -2.23. The first-order valence-electron chi connectivity index (χ1n) is 4.89. The normalized spacial score (nSPS) is 10.3. The predicted molar refractivity (Wildman–Crippen MR) is 60.6 cm³/mol. The van der Waals surface area contributed by atoms with E-state index in [0.717, 1.165) is 29.8 Å². The van der Waals surface area contributed by atoms with Gasteiger partial charge in [0.05, 0.1) is 12.6 Å². The molecule has 1 heterocycles. The number of nitrogens with one attached hydrogen (secondary N) is 1. The van der Waals surface area contributed by atoms with Gasteiger partial charge in [0.2, 0.25) is 5.13 Å². The zero-order chi connectivity index (χ0) is 11.1. The summed E-state index contributed by atoms with van der Waals surface area (Å²) < 4.78 is 0. The van der Waals surface area contributed by atoms with Crippen LogP contribution in [-0.4, -0.2) is 35.2 Å². The number of hydrogen-bond donors (Lipinski definition) is 1. The molecule has 82 valence electrons. The number of nitriles is 1. The summed E-state index contributed by atoms with van der Waals surface area (Å²) >= 11 is 1.55. The molecule has 0 atom stereocenters. The minimum Gasteiger partial charge on any atom is -0.363 e. The summed E-state index contributed by atoms with van der Waals surface area (Å²) in [4.78, 5) is 2.18. The van der Waals surface area contributed by atoms with Gasteiger partial charge in [-0.3, -0.25) is 4.90 Å². The molecule has 15 heavy (non-hydrogen) atoms. The van der Waals surface area contributed by atoms with Crippen LogP contribution in [0, 0.1) is 11.3 Å². The molecule has 5 nitrogen and oxygen atoms in total. The fourth-order valence-corrected chi connectivity index (χ4v) is 1.90. The van der Waals surface area contributed by atoms with Crippen molar-refractivity contribution in [1.82, 2.24) is 15.1 Å². The van der Waals surface area contributed by atoms with Gasteiger partial charge in [-0.15, -0.1) is 10.2 Å². The Hall–Kier alpha value is -1.19. The second-order valence-electron chi connectivity index (χ2n) is 3.03. The summed E-state index contributed by atoms with van der Waals surface area (Å²) in [5, 5.41) is 21.3. The summed E-state index contributed by atoms with van der Waals surface area (Å²) in [6, 6.07) is 2.15. The average Bonchev–Trinajstić information content (AvgIpc) is 2.71. The van der Waals surface area contributed by atoms with Crippen LogP contribution in [0.25, 0.3) is 0 Å². The Balaban J connectivity index is 2.47. The van der Waals surface area contributed by atoms with Crippen molar-refractivity contribution in [2.45, 2.75) is 19.9 Å². The van der Waals surface area contributed by atoms with Crippen molar-refractivity contribution >= 4 is 16.5 Å². The SMILES string of the molecule is CCN(CCC#N)Cc1nnc(NC)s1. The maximum atomic E-state index is 8.51. The molecule has 0 aliphatic rings. The van der Waals surface area contributed by atoms with E-state index >= 15 is 0 Å². The molecule has 0 fully saturated rings. The van der Waals surface area contributed by atoms with Gasteiger partial charge in [0, 0.05) is 20.0 Å². The van der Waals surface area contributed by atoms with E-state index in [-0.39, 0.29) is 0 Å². The molecule has 1 N–H and O–H groups in total. The minimum absolute atomic E-state index is 0.561. The molecule has 1 rings (SSSR count). The molecule has 0 saturated carbocycles. The van der Waals surface area contributed by atoms with Crippen LogP contribution in [-0.2, 0) is 6.54 Å². The van der Waals surface area contributed by atoms with Gasteiger partial charge in [0.15, 0.2) is 0 Å². The van der Waals surface area contributed by atoms with E-state index < -0.39 is 0 Å². The minimum atomic E-state index is 0.561. The third-order valence-corrected chi connectivity index (χ3v) is 2.95. The largest absolute Gasteiger partial charge is 0.363 e. The second kappa shape index (κ2) is 6.32. The Morgan fingerprint density at radius 2 is 2.33 bits per heavy atom. The van der Waals surface area contributed by atoms with Crippen molar-refractivity contribution in [3.8, 4) is 6.07 Å². The number of anilines is 1. The second-order valence-corrected chi connectivity index (χ2v) is 4.09. The molecule has 0 unspecified atom stereocenters. The van der Waals surface area contributed by atoms with Gasteiger partial charge in [-0.25, -0.2) is 0 Å².